The molecule has 1 aromatic carbocycles. The molecule has 0 saturated heterocycles. The molecule has 1 aromatic rings. The summed E-state index contributed by atoms with van der Waals surface area (Å²) in [5.74, 6) is 1.07. The van der Waals surface area contributed by atoms with Crippen molar-refractivity contribution in [2.75, 3.05) is 18.0 Å². The Bertz CT molecular complexity index is 426. The standard InChI is InChI=1S/C14H18BrClN2/c1-11(2)10-18(7-3-6-17)13-5-4-12(9-16)14(15)8-13/h4-5,8,11H,3,7,9-10H2,1-2H3. The molecule has 98 valence electrons. The maximum absolute atomic E-state index is 8.73. The Morgan fingerprint density at radius 2 is 2.17 bits per heavy atom. The van der Waals surface area contributed by atoms with Crippen molar-refractivity contribution in [2.24, 2.45) is 5.92 Å². The first-order valence-corrected chi connectivity index (χ1v) is 7.37. The Morgan fingerprint density at radius 3 is 2.67 bits per heavy atom. The first kappa shape index (κ1) is 15.3. The highest BCUT2D eigenvalue weighted by Gasteiger charge is 2.10. The normalized spacial score (nSPS) is 10.4. The van der Waals surface area contributed by atoms with Gasteiger partial charge in [0.15, 0.2) is 0 Å². The first-order chi connectivity index (χ1) is 8.58. The van der Waals surface area contributed by atoms with E-state index in [0.29, 0.717) is 18.2 Å². The van der Waals surface area contributed by atoms with E-state index in [4.69, 9.17) is 16.9 Å². The van der Waals surface area contributed by atoms with Gasteiger partial charge in [0.2, 0.25) is 0 Å². The lowest BCUT2D eigenvalue weighted by molar-refractivity contribution is 0.612. The van der Waals surface area contributed by atoms with E-state index in [9.17, 15) is 0 Å². The van der Waals surface area contributed by atoms with E-state index in [1.54, 1.807) is 0 Å². The van der Waals surface area contributed by atoms with Gasteiger partial charge in [-0.25, -0.2) is 0 Å². The summed E-state index contributed by atoms with van der Waals surface area (Å²) in [6.07, 6.45) is 0.543. The summed E-state index contributed by atoms with van der Waals surface area (Å²) in [7, 11) is 0. The van der Waals surface area contributed by atoms with Crippen LogP contribution in [0.3, 0.4) is 0 Å². The van der Waals surface area contributed by atoms with Gasteiger partial charge in [-0.3, -0.25) is 0 Å². The molecule has 0 saturated carbocycles. The molecule has 0 bridgehead atoms. The molecule has 0 amide bonds. The van der Waals surface area contributed by atoms with Crippen LogP contribution in [0.2, 0.25) is 0 Å². The second kappa shape index (κ2) is 7.66. The third-order valence-electron chi connectivity index (χ3n) is 2.62. The van der Waals surface area contributed by atoms with Crippen LogP contribution in [0.4, 0.5) is 5.69 Å². The third kappa shape index (κ3) is 4.51. The van der Waals surface area contributed by atoms with Gasteiger partial charge in [-0.2, -0.15) is 5.26 Å². The van der Waals surface area contributed by atoms with Crippen LogP contribution in [0, 0.1) is 17.2 Å². The Hall–Kier alpha value is -0.720. The van der Waals surface area contributed by atoms with Gasteiger partial charge in [0.05, 0.1) is 12.5 Å². The average molecular weight is 330 g/mol. The number of anilines is 1. The largest absolute Gasteiger partial charge is 0.370 e. The van der Waals surface area contributed by atoms with Gasteiger partial charge in [0.1, 0.15) is 0 Å². The zero-order chi connectivity index (χ0) is 13.5. The van der Waals surface area contributed by atoms with Crippen molar-refractivity contribution in [3.8, 4) is 6.07 Å². The highest BCUT2D eigenvalue weighted by molar-refractivity contribution is 9.10. The van der Waals surface area contributed by atoms with Gasteiger partial charge in [0, 0.05) is 29.1 Å². The second-order valence-corrected chi connectivity index (χ2v) is 5.78. The fraction of sp³-hybridized carbons (Fsp3) is 0.500. The molecule has 0 spiro atoms. The predicted octanol–water partition coefficient (Wildman–Crippen LogP) is 4.56. The van der Waals surface area contributed by atoms with Gasteiger partial charge in [-0.1, -0.05) is 35.8 Å². The van der Waals surface area contributed by atoms with Gasteiger partial charge in [-0.05, 0) is 23.6 Å². The summed E-state index contributed by atoms with van der Waals surface area (Å²) in [6.45, 7) is 6.08. The number of rotatable bonds is 6. The fourth-order valence-electron chi connectivity index (χ4n) is 1.79. The summed E-state index contributed by atoms with van der Waals surface area (Å²) >= 11 is 9.38. The molecular formula is C14H18BrClN2. The van der Waals surface area contributed by atoms with Crippen molar-refractivity contribution in [3.63, 3.8) is 0 Å². The van der Waals surface area contributed by atoms with Crippen LogP contribution >= 0.6 is 27.5 Å². The van der Waals surface area contributed by atoms with E-state index in [1.807, 2.05) is 6.07 Å². The molecule has 2 nitrogen and oxygen atoms in total. The molecule has 0 N–H and O–H groups in total. The summed E-state index contributed by atoms with van der Waals surface area (Å²) in [5, 5.41) is 8.73. The van der Waals surface area contributed by atoms with Crippen molar-refractivity contribution in [3.05, 3.63) is 28.2 Å². The Morgan fingerprint density at radius 1 is 1.44 bits per heavy atom. The minimum absolute atomic E-state index is 0.503. The molecular weight excluding hydrogens is 312 g/mol. The summed E-state index contributed by atoms with van der Waals surface area (Å²) < 4.78 is 1.03. The maximum atomic E-state index is 8.73. The number of nitrogens with zero attached hydrogens (tertiary/aromatic N) is 2. The minimum Gasteiger partial charge on any atom is -0.370 e. The number of alkyl halides is 1. The molecule has 0 aromatic heterocycles. The lowest BCUT2D eigenvalue weighted by Crippen LogP contribution is -2.28. The zero-order valence-corrected chi connectivity index (χ0v) is 13.1. The lowest BCUT2D eigenvalue weighted by Gasteiger charge is -2.26. The van der Waals surface area contributed by atoms with Crippen LogP contribution < -0.4 is 4.90 Å². The van der Waals surface area contributed by atoms with Crippen molar-refractivity contribution < 1.29 is 0 Å². The third-order valence-corrected chi connectivity index (χ3v) is 3.65. The number of halogens is 2. The molecule has 0 aliphatic rings. The SMILES string of the molecule is CC(C)CN(CCC#N)c1ccc(CCl)c(Br)c1. The Kier molecular flexibility index (Phi) is 6.52. The molecule has 1 rings (SSSR count). The molecule has 18 heavy (non-hydrogen) atoms. The number of benzene rings is 1. The smallest absolute Gasteiger partial charge is 0.0640 e. The summed E-state index contributed by atoms with van der Waals surface area (Å²) in [5.41, 5.74) is 2.23. The van der Waals surface area contributed by atoms with Gasteiger partial charge >= 0.3 is 0 Å². The molecule has 0 fully saturated rings. The number of nitriles is 1. The maximum Gasteiger partial charge on any atom is 0.0640 e. The highest BCUT2D eigenvalue weighted by Crippen LogP contribution is 2.26. The van der Waals surface area contributed by atoms with E-state index in [-0.39, 0.29) is 0 Å². The van der Waals surface area contributed by atoms with Crippen LogP contribution in [0.25, 0.3) is 0 Å². The molecule has 4 heteroatoms. The van der Waals surface area contributed by atoms with Crippen LogP contribution in [0.15, 0.2) is 22.7 Å². The quantitative estimate of drug-likeness (QED) is 0.715. The van der Waals surface area contributed by atoms with Crippen LogP contribution in [0.5, 0.6) is 0 Å². The molecule has 0 radical (unpaired) electrons. The number of hydrogen-bond donors (Lipinski definition) is 0. The van der Waals surface area contributed by atoms with Crippen molar-refractivity contribution in [1.29, 1.82) is 5.26 Å². The summed E-state index contributed by atoms with van der Waals surface area (Å²) in [4.78, 5) is 2.25. The lowest BCUT2D eigenvalue weighted by atomic mass is 10.1. The monoisotopic (exact) mass is 328 g/mol. The summed E-state index contributed by atoms with van der Waals surface area (Å²) in [6, 6.07) is 8.39. The van der Waals surface area contributed by atoms with Gasteiger partial charge in [0.25, 0.3) is 0 Å². The van der Waals surface area contributed by atoms with E-state index < -0.39 is 0 Å². The number of hydrogen-bond acceptors (Lipinski definition) is 2. The topological polar surface area (TPSA) is 27.0 Å². The second-order valence-electron chi connectivity index (χ2n) is 4.66. The zero-order valence-electron chi connectivity index (χ0n) is 10.8. The van der Waals surface area contributed by atoms with Crippen molar-refractivity contribution in [1.82, 2.24) is 0 Å². The van der Waals surface area contributed by atoms with E-state index >= 15 is 0 Å². The molecule has 0 aliphatic heterocycles. The van der Waals surface area contributed by atoms with Crippen LogP contribution in [-0.2, 0) is 5.88 Å². The average Bonchev–Trinajstić information content (AvgIpc) is 2.34. The van der Waals surface area contributed by atoms with Gasteiger partial charge < -0.3 is 4.90 Å². The van der Waals surface area contributed by atoms with Crippen LogP contribution in [0.1, 0.15) is 25.8 Å². The predicted molar refractivity (Wildman–Crippen MR) is 81.0 cm³/mol. The molecule has 0 heterocycles. The van der Waals surface area contributed by atoms with Crippen LogP contribution in [-0.4, -0.2) is 13.1 Å². The molecule has 0 atom stereocenters. The Balaban J connectivity index is 2.90. The van der Waals surface area contributed by atoms with E-state index in [0.717, 1.165) is 28.8 Å². The minimum atomic E-state index is 0.503. The van der Waals surface area contributed by atoms with Crippen molar-refractivity contribution in [2.45, 2.75) is 26.1 Å². The Labute approximate surface area is 123 Å². The van der Waals surface area contributed by atoms with Crippen molar-refractivity contribution >= 4 is 33.2 Å². The fourth-order valence-corrected chi connectivity index (χ4v) is 2.69. The van der Waals surface area contributed by atoms with Gasteiger partial charge in [-0.15, -0.1) is 11.6 Å². The first-order valence-electron chi connectivity index (χ1n) is 6.04. The molecule has 0 aliphatic carbocycles. The van der Waals surface area contributed by atoms with E-state index in [1.165, 1.54) is 0 Å². The molecule has 0 unspecified atom stereocenters. The highest BCUT2D eigenvalue weighted by atomic mass is 79.9. The van der Waals surface area contributed by atoms with E-state index in [2.05, 4.69) is 52.9 Å².